The molecule has 4 amide bonds. The van der Waals surface area contributed by atoms with Gasteiger partial charge in [-0.25, -0.2) is 9.13 Å². The second-order valence-corrected chi connectivity index (χ2v) is 30.4. The van der Waals surface area contributed by atoms with Crippen LogP contribution >= 0.6 is 15.6 Å². The van der Waals surface area contributed by atoms with Gasteiger partial charge >= 0.3 is 27.6 Å². The zero-order valence-electron chi connectivity index (χ0n) is 64.9. The summed E-state index contributed by atoms with van der Waals surface area (Å²) >= 11 is 0. The highest BCUT2D eigenvalue weighted by Crippen LogP contribution is 2.44. The summed E-state index contributed by atoms with van der Waals surface area (Å²) < 4.78 is 70.5. The standard InChI is InChI=1S/C77H146N4O20P2/c1-7-13-19-25-27-29-31-37-43-49-76(88)100-70(47-41-35-23-17-11-5)59-74(86)80-66(62-94-55-51-68(82)45-39-33-21-15-9-3)64-98-102(90,91)96-57-53-78-72(84)61-73(85)79-54-58-97-103(92,93)99-65-67(63-95-56-52-69(83)46-40-34-22-16-10-4)81-75(87)60-71(48-42-36-24-18-12-6)101-77(89)50-44-38-32-30-28-26-20-14-8-2/h29-32,66-71,82-83H,7-28,33-65H2,1-6H3,(H,78,84)(H,79,85)(H,80,86)(H,81,87)(H,90,91)(H,92,93)/b31-29-,32-30-/t66?,67?,68-,69-,70-,71-/m1/s1. The van der Waals surface area contributed by atoms with Gasteiger partial charge in [-0.15, -0.1) is 0 Å². The third kappa shape index (κ3) is 67.5. The Morgan fingerprint density at radius 2 is 0.670 bits per heavy atom. The van der Waals surface area contributed by atoms with Crippen molar-refractivity contribution in [3.05, 3.63) is 24.3 Å². The number of esters is 2. The molecule has 0 aliphatic carbocycles. The van der Waals surface area contributed by atoms with E-state index in [0.29, 0.717) is 51.4 Å². The second-order valence-electron chi connectivity index (χ2n) is 27.5. The number of hydrogen-bond acceptors (Lipinski definition) is 18. The molecule has 8 N–H and O–H groups in total. The highest BCUT2D eigenvalue weighted by molar-refractivity contribution is 7.47. The molecule has 26 heteroatoms. The van der Waals surface area contributed by atoms with Gasteiger partial charge in [-0.05, 0) is 103 Å². The first kappa shape index (κ1) is 99.4. The van der Waals surface area contributed by atoms with Crippen LogP contribution in [0.4, 0.5) is 0 Å². The molecule has 8 atom stereocenters. The summed E-state index contributed by atoms with van der Waals surface area (Å²) in [5.41, 5.74) is 0. The Balaban J connectivity index is 5.62. The minimum Gasteiger partial charge on any atom is -0.462 e. The number of unbranched alkanes of at least 4 members (excludes halogenated alkanes) is 26. The molecular weight excluding hydrogens is 1360 g/mol. The molecule has 0 saturated carbocycles. The van der Waals surface area contributed by atoms with Crippen molar-refractivity contribution in [3.8, 4) is 0 Å². The third-order valence-corrected chi connectivity index (χ3v) is 19.3. The van der Waals surface area contributed by atoms with Crippen molar-refractivity contribution >= 4 is 51.2 Å². The van der Waals surface area contributed by atoms with Crippen LogP contribution in [-0.2, 0) is 74.9 Å². The minimum atomic E-state index is -4.81. The van der Waals surface area contributed by atoms with Crippen molar-refractivity contribution in [1.29, 1.82) is 0 Å². The zero-order chi connectivity index (χ0) is 76.1. The molecule has 103 heavy (non-hydrogen) atoms. The summed E-state index contributed by atoms with van der Waals surface area (Å²) in [6.07, 6.45) is 42.6. The number of hydrogen-bond donors (Lipinski definition) is 8. The van der Waals surface area contributed by atoms with Gasteiger partial charge in [-0.2, -0.15) is 0 Å². The fourth-order valence-electron chi connectivity index (χ4n) is 11.2. The van der Waals surface area contributed by atoms with Gasteiger partial charge in [0.2, 0.25) is 23.6 Å². The summed E-state index contributed by atoms with van der Waals surface area (Å²) in [7, 11) is -9.61. The van der Waals surface area contributed by atoms with Crippen LogP contribution in [0.3, 0.4) is 0 Å². The Hall–Kier alpha value is -3.64. The van der Waals surface area contributed by atoms with Crippen LogP contribution in [0.15, 0.2) is 24.3 Å². The van der Waals surface area contributed by atoms with Crippen LogP contribution in [0.25, 0.3) is 0 Å². The number of nitrogens with one attached hydrogen (secondary N) is 4. The lowest BCUT2D eigenvalue weighted by molar-refractivity contribution is -0.152. The molecule has 4 unspecified atom stereocenters. The van der Waals surface area contributed by atoms with Crippen LogP contribution in [0.2, 0.25) is 0 Å². The van der Waals surface area contributed by atoms with Crippen molar-refractivity contribution in [2.24, 2.45) is 0 Å². The number of phosphoric acid groups is 2. The van der Waals surface area contributed by atoms with Crippen molar-refractivity contribution in [1.82, 2.24) is 21.3 Å². The smallest absolute Gasteiger partial charge is 0.462 e. The normalized spacial score (nSPS) is 14.7. The number of aliphatic hydroxyl groups excluding tert-OH is 2. The quantitative estimate of drug-likeness (QED) is 0.00922. The maximum atomic E-state index is 13.7. The van der Waals surface area contributed by atoms with Gasteiger partial charge in [-0.3, -0.25) is 46.9 Å². The first-order valence-corrected chi connectivity index (χ1v) is 43.3. The van der Waals surface area contributed by atoms with Gasteiger partial charge < -0.3 is 60.2 Å². The molecule has 24 nitrogen and oxygen atoms in total. The molecule has 0 fully saturated rings. The molecule has 0 aromatic heterocycles. The van der Waals surface area contributed by atoms with Crippen molar-refractivity contribution in [3.63, 3.8) is 0 Å². The molecule has 604 valence electrons. The van der Waals surface area contributed by atoms with E-state index < -0.39 is 109 Å². The number of aliphatic hydroxyl groups is 2. The molecule has 0 bridgehead atoms. The Bertz CT molecular complexity index is 2100. The fourth-order valence-corrected chi connectivity index (χ4v) is 12.8. The number of phosphoric ester groups is 2. The molecule has 0 aromatic rings. The number of allylic oxidation sites excluding steroid dienone is 4. The highest BCUT2D eigenvalue weighted by atomic mass is 31.2. The molecule has 0 aliphatic rings. The fraction of sp³-hybridized carbons (Fsp3) is 0.870. The highest BCUT2D eigenvalue weighted by Gasteiger charge is 2.29. The average Bonchev–Trinajstić information content (AvgIpc) is 0.922. The van der Waals surface area contributed by atoms with E-state index in [0.717, 1.165) is 167 Å². The van der Waals surface area contributed by atoms with Gasteiger partial charge in [0.05, 0.1) is 76.8 Å². The van der Waals surface area contributed by atoms with Crippen molar-refractivity contribution in [2.75, 3.05) is 65.9 Å². The Labute approximate surface area is 621 Å². The SMILES string of the molecule is CCCCCC/C=C\CCCC(=O)O[C@H](CCCCCCC)CC(=O)NC(COCC[C@H](O)CCCCCCC)COP(=O)(O)OCCNC(=O)CC(=O)NCCOP(=O)(O)OCC(COCC[C@H](O)CCCCCCC)NC(=O)C[C@@H](CCCCCCC)OC(=O)CCC/C=C\CCCCCC. The van der Waals surface area contributed by atoms with Gasteiger partial charge in [-0.1, -0.05) is 220 Å². The van der Waals surface area contributed by atoms with E-state index in [1.165, 1.54) is 38.5 Å². The van der Waals surface area contributed by atoms with Gasteiger partial charge in [0.15, 0.2) is 0 Å². The van der Waals surface area contributed by atoms with E-state index >= 15 is 0 Å². The summed E-state index contributed by atoms with van der Waals surface area (Å²) in [5.74, 6) is -3.31. The largest absolute Gasteiger partial charge is 0.472 e. The first-order chi connectivity index (χ1) is 49.7. The maximum Gasteiger partial charge on any atom is 0.472 e. The monoisotopic (exact) mass is 1510 g/mol. The number of carbonyl (C=O) groups is 6. The Morgan fingerprint density at radius 1 is 0.359 bits per heavy atom. The minimum absolute atomic E-state index is 0.143. The number of ether oxygens (including phenoxy) is 4. The van der Waals surface area contributed by atoms with Gasteiger partial charge in [0.25, 0.3) is 0 Å². The number of amides is 4. The second kappa shape index (κ2) is 70.1. The lowest BCUT2D eigenvalue weighted by Crippen LogP contribution is -2.43. The van der Waals surface area contributed by atoms with E-state index in [4.69, 9.17) is 37.0 Å². The van der Waals surface area contributed by atoms with Crippen LogP contribution in [-0.4, -0.2) is 158 Å². The zero-order valence-corrected chi connectivity index (χ0v) is 66.7. The summed E-state index contributed by atoms with van der Waals surface area (Å²) in [4.78, 5) is 100. The average molecular weight is 1510 g/mol. The summed E-state index contributed by atoms with van der Waals surface area (Å²) in [6, 6.07) is -1.92. The van der Waals surface area contributed by atoms with Gasteiger partial charge in [0.1, 0.15) is 18.6 Å². The Kier molecular flexibility index (Phi) is 67.6. The van der Waals surface area contributed by atoms with E-state index in [1.54, 1.807) is 0 Å². The van der Waals surface area contributed by atoms with E-state index in [-0.39, 0.29) is 77.1 Å². The van der Waals surface area contributed by atoms with E-state index in [2.05, 4.69) is 87.1 Å². The lowest BCUT2D eigenvalue weighted by Gasteiger charge is -2.23. The lowest BCUT2D eigenvalue weighted by atomic mass is 10.1. The molecule has 0 spiro atoms. The van der Waals surface area contributed by atoms with Crippen LogP contribution < -0.4 is 21.3 Å². The molecular formula is C77H146N4O20P2. The number of rotatable bonds is 76. The third-order valence-electron chi connectivity index (χ3n) is 17.4. The first-order valence-electron chi connectivity index (χ1n) is 40.3. The molecule has 0 radical (unpaired) electrons. The van der Waals surface area contributed by atoms with E-state index in [1.807, 2.05) is 0 Å². The van der Waals surface area contributed by atoms with Crippen molar-refractivity contribution in [2.45, 2.75) is 367 Å². The summed E-state index contributed by atoms with van der Waals surface area (Å²) in [6.45, 7) is 10.2. The molecule has 0 aromatic carbocycles. The molecule has 0 heterocycles. The molecule has 0 aliphatic heterocycles. The van der Waals surface area contributed by atoms with Crippen LogP contribution in [0.5, 0.6) is 0 Å². The topological polar surface area (TPSA) is 339 Å². The van der Waals surface area contributed by atoms with Gasteiger partial charge in [0, 0.05) is 39.1 Å². The predicted octanol–water partition coefficient (Wildman–Crippen LogP) is 15.8. The summed E-state index contributed by atoms with van der Waals surface area (Å²) in [5, 5.41) is 31.6. The Morgan fingerprint density at radius 3 is 1.01 bits per heavy atom. The number of carbonyl (C=O) groups excluding carboxylic acids is 6. The molecule has 0 rings (SSSR count). The van der Waals surface area contributed by atoms with Crippen LogP contribution in [0, 0.1) is 0 Å². The van der Waals surface area contributed by atoms with E-state index in [9.17, 15) is 57.9 Å². The predicted molar refractivity (Wildman–Crippen MR) is 407 cm³/mol. The van der Waals surface area contributed by atoms with Crippen molar-refractivity contribution < 1.29 is 94.9 Å². The molecule has 0 saturated heterocycles. The van der Waals surface area contributed by atoms with Crippen LogP contribution in [0.1, 0.15) is 330 Å². The maximum absolute atomic E-state index is 13.7.